The van der Waals surface area contributed by atoms with E-state index in [0.717, 1.165) is 42.0 Å². The third-order valence-electron chi connectivity index (χ3n) is 4.47. The second kappa shape index (κ2) is 5.09. The highest BCUT2D eigenvalue weighted by Gasteiger charge is 2.17. The Labute approximate surface area is 130 Å². The predicted molar refractivity (Wildman–Crippen MR) is 90.8 cm³/mol. The first-order valence-corrected chi connectivity index (χ1v) is 7.82. The van der Waals surface area contributed by atoms with E-state index in [2.05, 4.69) is 55.2 Å². The second-order valence-corrected chi connectivity index (χ2v) is 6.03. The summed E-state index contributed by atoms with van der Waals surface area (Å²) in [6.07, 6.45) is 2.18. The molecular weight excluding hydrogens is 270 g/mol. The van der Waals surface area contributed by atoms with Crippen LogP contribution in [0.1, 0.15) is 34.5 Å². The number of aryl methyl sites for hydroxylation is 3. The van der Waals surface area contributed by atoms with E-state index in [1.807, 2.05) is 0 Å². The third kappa shape index (κ3) is 2.13. The van der Waals surface area contributed by atoms with Crippen LogP contribution in [-0.4, -0.2) is 22.2 Å². The van der Waals surface area contributed by atoms with E-state index in [-0.39, 0.29) is 0 Å². The van der Waals surface area contributed by atoms with E-state index in [4.69, 9.17) is 9.98 Å². The van der Waals surface area contributed by atoms with Gasteiger partial charge < -0.3 is 4.98 Å². The highest BCUT2D eigenvalue weighted by Crippen LogP contribution is 2.22. The Morgan fingerprint density at radius 1 is 1.05 bits per heavy atom. The van der Waals surface area contributed by atoms with Crippen molar-refractivity contribution in [2.45, 2.75) is 26.7 Å². The molecule has 1 aliphatic heterocycles. The van der Waals surface area contributed by atoms with Crippen molar-refractivity contribution in [3.63, 3.8) is 0 Å². The van der Waals surface area contributed by atoms with Crippen molar-refractivity contribution in [1.29, 1.82) is 0 Å². The van der Waals surface area contributed by atoms with Crippen molar-refractivity contribution >= 4 is 16.7 Å². The summed E-state index contributed by atoms with van der Waals surface area (Å²) in [5, 5.41) is 0. The molecule has 0 saturated carbocycles. The minimum atomic E-state index is 0.860. The number of nitrogens with one attached hydrogen (secondary N) is 1. The highest BCUT2D eigenvalue weighted by atomic mass is 15.0. The Balaban J connectivity index is 1.90. The largest absolute Gasteiger partial charge is 0.337 e. The second-order valence-electron chi connectivity index (χ2n) is 6.03. The molecule has 1 aliphatic rings. The third-order valence-corrected chi connectivity index (χ3v) is 4.47. The molecule has 0 aliphatic carbocycles. The summed E-state index contributed by atoms with van der Waals surface area (Å²) in [4.78, 5) is 13.1. The number of benzene rings is 2. The Morgan fingerprint density at radius 3 is 2.77 bits per heavy atom. The van der Waals surface area contributed by atoms with Crippen molar-refractivity contribution in [2.24, 2.45) is 4.99 Å². The lowest BCUT2D eigenvalue weighted by molar-refractivity contribution is 0.844. The smallest absolute Gasteiger partial charge is 0.157 e. The molecule has 0 atom stereocenters. The summed E-state index contributed by atoms with van der Waals surface area (Å²) in [5.41, 5.74) is 8.24. The fraction of sp³-hybridized carbons (Fsp3) is 0.263. The molecular formula is C19H19N3. The molecule has 1 N–H and O–H groups in total. The van der Waals surface area contributed by atoms with E-state index in [0.29, 0.717) is 0 Å². The maximum atomic E-state index is 4.80. The summed E-state index contributed by atoms with van der Waals surface area (Å²) in [5.74, 6) is 0.884. The number of H-pyrrole nitrogens is 1. The van der Waals surface area contributed by atoms with E-state index in [1.165, 1.54) is 22.3 Å². The molecule has 3 heteroatoms. The van der Waals surface area contributed by atoms with Crippen LogP contribution in [0.25, 0.3) is 11.0 Å². The zero-order valence-corrected chi connectivity index (χ0v) is 13.0. The summed E-state index contributed by atoms with van der Waals surface area (Å²) in [6.45, 7) is 5.12. The molecule has 0 spiro atoms. The number of hydrogen-bond acceptors (Lipinski definition) is 2. The molecule has 0 fully saturated rings. The maximum absolute atomic E-state index is 4.80. The monoisotopic (exact) mass is 289 g/mol. The van der Waals surface area contributed by atoms with Crippen LogP contribution in [0.15, 0.2) is 41.4 Å². The molecule has 1 aromatic heterocycles. The number of aromatic amines is 1. The van der Waals surface area contributed by atoms with Crippen LogP contribution >= 0.6 is 0 Å². The first-order chi connectivity index (χ1) is 10.7. The van der Waals surface area contributed by atoms with Crippen molar-refractivity contribution in [1.82, 2.24) is 9.97 Å². The minimum absolute atomic E-state index is 0.860. The Kier molecular flexibility index (Phi) is 3.07. The normalized spacial score (nSPS) is 14.5. The number of imidazole rings is 1. The van der Waals surface area contributed by atoms with Gasteiger partial charge in [-0.2, -0.15) is 0 Å². The predicted octanol–water partition coefficient (Wildman–Crippen LogP) is 3.96. The Hall–Kier alpha value is -2.42. The Bertz CT molecular complexity index is 848. The van der Waals surface area contributed by atoms with Gasteiger partial charge in [-0.15, -0.1) is 0 Å². The average molecular weight is 289 g/mol. The van der Waals surface area contributed by atoms with Crippen LogP contribution in [0, 0.1) is 13.8 Å². The van der Waals surface area contributed by atoms with Crippen molar-refractivity contribution in [3.8, 4) is 0 Å². The molecule has 0 bridgehead atoms. The molecule has 110 valence electrons. The summed E-state index contributed by atoms with van der Waals surface area (Å²) >= 11 is 0. The van der Waals surface area contributed by atoms with Crippen LogP contribution < -0.4 is 0 Å². The lowest BCUT2D eigenvalue weighted by Gasteiger charge is -2.06. The molecule has 2 aromatic carbocycles. The molecule has 0 unspecified atom stereocenters. The molecule has 3 aromatic rings. The summed E-state index contributed by atoms with van der Waals surface area (Å²) in [6, 6.07) is 12.9. The first-order valence-electron chi connectivity index (χ1n) is 7.82. The van der Waals surface area contributed by atoms with E-state index >= 15 is 0 Å². The molecule has 22 heavy (non-hydrogen) atoms. The van der Waals surface area contributed by atoms with E-state index < -0.39 is 0 Å². The average Bonchev–Trinajstić information content (AvgIpc) is 2.79. The molecule has 0 saturated heterocycles. The van der Waals surface area contributed by atoms with E-state index in [1.54, 1.807) is 0 Å². The van der Waals surface area contributed by atoms with Gasteiger partial charge in [-0.1, -0.05) is 24.3 Å². The number of fused-ring (bicyclic) bond motifs is 2. The fourth-order valence-electron chi connectivity index (χ4n) is 3.10. The SMILES string of the molecule is Cc1cc2nc(C3=NCCCc4ccccc43)[nH]c2cc1C. The van der Waals surface area contributed by atoms with Gasteiger partial charge >= 0.3 is 0 Å². The Morgan fingerprint density at radius 2 is 1.86 bits per heavy atom. The van der Waals surface area contributed by atoms with Crippen LogP contribution in [-0.2, 0) is 6.42 Å². The molecule has 2 heterocycles. The number of nitrogens with zero attached hydrogens (tertiary/aromatic N) is 2. The quantitative estimate of drug-likeness (QED) is 0.723. The van der Waals surface area contributed by atoms with Gasteiger partial charge in [0, 0.05) is 12.1 Å². The topological polar surface area (TPSA) is 41.0 Å². The fourth-order valence-corrected chi connectivity index (χ4v) is 3.10. The van der Waals surface area contributed by atoms with Crippen molar-refractivity contribution in [2.75, 3.05) is 6.54 Å². The number of rotatable bonds is 1. The number of hydrogen-bond donors (Lipinski definition) is 1. The van der Waals surface area contributed by atoms with Gasteiger partial charge in [-0.3, -0.25) is 4.99 Å². The zero-order chi connectivity index (χ0) is 15.1. The molecule has 0 amide bonds. The van der Waals surface area contributed by atoms with Crippen LogP contribution in [0.5, 0.6) is 0 Å². The van der Waals surface area contributed by atoms with Gasteiger partial charge in [0.25, 0.3) is 0 Å². The van der Waals surface area contributed by atoms with Crippen molar-refractivity contribution < 1.29 is 0 Å². The minimum Gasteiger partial charge on any atom is -0.337 e. The zero-order valence-electron chi connectivity index (χ0n) is 13.0. The lowest BCUT2D eigenvalue weighted by atomic mass is 10.0. The summed E-state index contributed by atoms with van der Waals surface area (Å²) < 4.78 is 0. The van der Waals surface area contributed by atoms with Crippen LogP contribution in [0.2, 0.25) is 0 Å². The summed E-state index contributed by atoms with van der Waals surface area (Å²) in [7, 11) is 0. The molecule has 4 rings (SSSR count). The lowest BCUT2D eigenvalue weighted by Crippen LogP contribution is -2.07. The highest BCUT2D eigenvalue weighted by molar-refractivity contribution is 6.12. The van der Waals surface area contributed by atoms with Gasteiger partial charge in [-0.05, 0) is 55.5 Å². The number of aromatic nitrogens is 2. The van der Waals surface area contributed by atoms with Crippen molar-refractivity contribution in [3.05, 3.63) is 64.5 Å². The van der Waals surface area contributed by atoms with Gasteiger partial charge in [0.15, 0.2) is 5.82 Å². The standard InChI is InChI=1S/C19H19N3/c1-12-10-16-17(11-13(12)2)22-19(21-16)18-15-8-4-3-6-14(15)7-5-9-20-18/h3-4,6,8,10-11H,5,7,9H2,1-2H3,(H,21,22). The van der Waals surface area contributed by atoms with Crippen LogP contribution in [0.4, 0.5) is 0 Å². The van der Waals surface area contributed by atoms with Gasteiger partial charge in [0.05, 0.1) is 11.0 Å². The molecule has 0 radical (unpaired) electrons. The van der Waals surface area contributed by atoms with Gasteiger partial charge in [0.1, 0.15) is 5.71 Å². The van der Waals surface area contributed by atoms with Gasteiger partial charge in [0.2, 0.25) is 0 Å². The van der Waals surface area contributed by atoms with Crippen LogP contribution in [0.3, 0.4) is 0 Å². The maximum Gasteiger partial charge on any atom is 0.157 e. The van der Waals surface area contributed by atoms with E-state index in [9.17, 15) is 0 Å². The number of aliphatic imine (C=N–C) groups is 1. The van der Waals surface area contributed by atoms with Gasteiger partial charge in [-0.25, -0.2) is 4.98 Å². The molecule has 3 nitrogen and oxygen atoms in total. The first kappa shape index (κ1) is 13.3.